The van der Waals surface area contributed by atoms with Crippen LogP contribution in [0.25, 0.3) is 10.2 Å². The molecule has 1 aromatic heterocycles. The van der Waals surface area contributed by atoms with Gasteiger partial charge in [0.2, 0.25) is 0 Å². The summed E-state index contributed by atoms with van der Waals surface area (Å²) in [5.41, 5.74) is 3.30. The molecule has 1 aliphatic rings. The van der Waals surface area contributed by atoms with Crippen LogP contribution >= 0.6 is 11.3 Å². The van der Waals surface area contributed by atoms with E-state index in [9.17, 15) is 18.0 Å². The smallest absolute Gasteiger partial charge is 0.338 e. The molecular formula is C28H27N3O5S2. The molecule has 0 fully saturated rings. The molecule has 0 spiro atoms. The largest absolute Gasteiger partial charge is 0.462 e. The fourth-order valence-electron chi connectivity index (χ4n) is 4.60. The minimum absolute atomic E-state index is 0.128. The number of para-hydroxylation sites is 1. The van der Waals surface area contributed by atoms with E-state index in [1.807, 2.05) is 41.8 Å². The number of ether oxygens (including phenoxy) is 1. The Balaban J connectivity index is 1.44. The Kier molecular flexibility index (Phi) is 7.18. The summed E-state index contributed by atoms with van der Waals surface area (Å²) in [5, 5.41) is 0. The molecule has 1 amide bonds. The van der Waals surface area contributed by atoms with Gasteiger partial charge in [-0.15, -0.1) is 0 Å². The van der Waals surface area contributed by atoms with Gasteiger partial charge in [0, 0.05) is 18.7 Å². The zero-order valence-corrected chi connectivity index (χ0v) is 22.7. The minimum Gasteiger partial charge on any atom is -0.462 e. The van der Waals surface area contributed by atoms with E-state index in [2.05, 4.69) is 4.99 Å². The third-order valence-electron chi connectivity index (χ3n) is 6.46. The molecule has 0 N–H and O–H groups in total. The number of hydrogen-bond acceptors (Lipinski definition) is 6. The molecule has 196 valence electrons. The van der Waals surface area contributed by atoms with Gasteiger partial charge < -0.3 is 9.30 Å². The van der Waals surface area contributed by atoms with E-state index >= 15 is 0 Å². The monoisotopic (exact) mass is 549 g/mol. The fraction of sp³-hybridized carbons (Fsp3) is 0.250. The van der Waals surface area contributed by atoms with Gasteiger partial charge in [-0.25, -0.2) is 13.2 Å². The van der Waals surface area contributed by atoms with E-state index in [4.69, 9.17) is 4.74 Å². The predicted octanol–water partition coefficient (Wildman–Crippen LogP) is 4.78. The molecule has 0 atom stereocenters. The Morgan fingerprint density at radius 2 is 1.74 bits per heavy atom. The first-order valence-electron chi connectivity index (χ1n) is 12.4. The number of aromatic nitrogens is 1. The van der Waals surface area contributed by atoms with Crippen LogP contribution in [0, 0.1) is 0 Å². The van der Waals surface area contributed by atoms with Crippen molar-refractivity contribution in [2.24, 2.45) is 4.99 Å². The van der Waals surface area contributed by atoms with Crippen molar-refractivity contribution < 1.29 is 22.7 Å². The van der Waals surface area contributed by atoms with Gasteiger partial charge >= 0.3 is 5.97 Å². The normalized spacial score (nSPS) is 13.9. The van der Waals surface area contributed by atoms with Gasteiger partial charge in [0.15, 0.2) is 4.80 Å². The maximum absolute atomic E-state index is 13.4. The topological polar surface area (TPSA) is 98.0 Å². The number of nitrogens with zero attached hydrogens (tertiary/aromatic N) is 3. The highest BCUT2D eigenvalue weighted by atomic mass is 32.2. The van der Waals surface area contributed by atoms with Crippen LogP contribution in [0.5, 0.6) is 0 Å². The van der Waals surface area contributed by atoms with Gasteiger partial charge in [-0.1, -0.05) is 29.5 Å². The van der Waals surface area contributed by atoms with Gasteiger partial charge in [-0.2, -0.15) is 4.99 Å². The summed E-state index contributed by atoms with van der Waals surface area (Å²) in [6.45, 7) is 4.99. The van der Waals surface area contributed by atoms with Crippen LogP contribution in [-0.4, -0.2) is 38.0 Å². The number of benzene rings is 3. The van der Waals surface area contributed by atoms with E-state index in [1.165, 1.54) is 39.9 Å². The number of hydrogen-bond donors (Lipinski definition) is 0. The van der Waals surface area contributed by atoms with E-state index in [0.29, 0.717) is 29.1 Å². The summed E-state index contributed by atoms with van der Waals surface area (Å²) < 4.78 is 36.1. The zero-order chi connectivity index (χ0) is 26.9. The molecule has 38 heavy (non-hydrogen) atoms. The number of amides is 1. The lowest BCUT2D eigenvalue weighted by molar-refractivity contribution is 0.0526. The summed E-state index contributed by atoms with van der Waals surface area (Å²) in [7, 11) is -3.77. The second-order valence-electron chi connectivity index (χ2n) is 8.78. The van der Waals surface area contributed by atoms with Crippen molar-refractivity contribution in [3.8, 4) is 0 Å². The maximum atomic E-state index is 13.4. The van der Waals surface area contributed by atoms with Crippen LogP contribution in [0.1, 0.15) is 46.5 Å². The van der Waals surface area contributed by atoms with E-state index in [0.717, 1.165) is 28.6 Å². The number of anilines is 1. The van der Waals surface area contributed by atoms with E-state index in [1.54, 1.807) is 19.1 Å². The molecule has 5 rings (SSSR count). The number of carbonyl (C=O) groups excluding carboxylic acids is 2. The summed E-state index contributed by atoms with van der Waals surface area (Å²) >= 11 is 1.31. The SMILES string of the molecule is CCOC(=O)c1ccc2c(c1)sc(=NC(=O)c1ccc(S(=O)(=O)N3CCCc4ccccc43)cc1)n2CC. The van der Waals surface area contributed by atoms with Gasteiger partial charge in [-0.3, -0.25) is 9.10 Å². The molecule has 8 nitrogen and oxygen atoms in total. The summed E-state index contributed by atoms with van der Waals surface area (Å²) in [6, 6.07) is 18.7. The lowest BCUT2D eigenvalue weighted by atomic mass is 10.0. The first-order chi connectivity index (χ1) is 18.3. The van der Waals surface area contributed by atoms with Crippen molar-refractivity contribution in [3.63, 3.8) is 0 Å². The van der Waals surface area contributed by atoms with Crippen LogP contribution in [0.4, 0.5) is 5.69 Å². The Morgan fingerprint density at radius 1 is 1.00 bits per heavy atom. The third kappa shape index (κ3) is 4.77. The van der Waals surface area contributed by atoms with Crippen LogP contribution in [0.15, 0.2) is 76.6 Å². The highest BCUT2D eigenvalue weighted by Crippen LogP contribution is 2.31. The van der Waals surface area contributed by atoms with Gasteiger partial charge in [0.05, 0.1) is 33.0 Å². The maximum Gasteiger partial charge on any atom is 0.338 e. The van der Waals surface area contributed by atoms with Gasteiger partial charge in [-0.05, 0) is 80.8 Å². The van der Waals surface area contributed by atoms with Crippen molar-refractivity contribution in [1.29, 1.82) is 0 Å². The van der Waals surface area contributed by atoms with Gasteiger partial charge in [0.1, 0.15) is 0 Å². The highest BCUT2D eigenvalue weighted by molar-refractivity contribution is 7.92. The lowest BCUT2D eigenvalue weighted by Crippen LogP contribution is -2.35. The lowest BCUT2D eigenvalue weighted by Gasteiger charge is -2.30. The summed E-state index contributed by atoms with van der Waals surface area (Å²) in [4.78, 5) is 30.1. The number of fused-ring (bicyclic) bond motifs is 2. The zero-order valence-electron chi connectivity index (χ0n) is 21.1. The average molecular weight is 550 g/mol. The van der Waals surface area contributed by atoms with E-state index < -0.39 is 21.9 Å². The number of carbonyl (C=O) groups is 2. The van der Waals surface area contributed by atoms with Crippen molar-refractivity contribution in [2.45, 2.75) is 38.1 Å². The van der Waals surface area contributed by atoms with Crippen LogP contribution in [-0.2, 0) is 27.7 Å². The number of sulfonamides is 1. The standard InChI is InChI=1S/C28H27N3O5S2/c1-3-30-24-16-13-21(27(33)36-4-2)18-25(24)37-28(30)29-26(32)20-11-14-22(15-12-20)38(34,35)31-17-7-9-19-8-5-6-10-23(19)31/h5-6,8,10-16,18H,3-4,7,9,17H2,1-2H3. The Morgan fingerprint density at radius 3 is 2.47 bits per heavy atom. The molecule has 0 saturated heterocycles. The predicted molar refractivity (Wildman–Crippen MR) is 147 cm³/mol. The van der Waals surface area contributed by atoms with Crippen LogP contribution < -0.4 is 9.11 Å². The Bertz CT molecular complexity index is 1700. The Hall–Kier alpha value is -3.76. The second-order valence-corrected chi connectivity index (χ2v) is 11.7. The highest BCUT2D eigenvalue weighted by Gasteiger charge is 2.29. The molecule has 0 unspecified atom stereocenters. The molecule has 3 aromatic carbocycles. The second kappa shape index (κ2) is 10.5. The van der Waals surface area contributed by atoms with Crippen molar-refractivity contribution in [2.75, 3.05) is 17.5 Å². The molecule has 0 aliphatic carbocycles. The van der Waals surface area contributed by atoms with E-state index in [-0.39, 0.29) is 17.1 Å². The Labute approximate surface area is 224 Å². The van der Waals surface area contributed by atoms with Crippen molar-refractivity contribution in [3.05, 3.63) is 88.2 Å². The molecule has 2 heterocycles. The first-order valence-corrected chi connectivity index (χ1v) is 14.7. The van der Waals surface area contributed by atoms with Crippen LogP contribution in [0.3, 0.4) is 0 Å². The number of aryl methyl sites for hydroxylation is 2. The molecule has 0 bridgehead atoms. The van der Waals surface area contributed by atoms with Crippen molar-refractivity contribution >= 4 is 49.1 Å². The van der Waals surface area contributed by atoms with Crippen LogP contribution in [0.2, 0.25) is 0 Å². The van der Waals surface area contributed by atoms with Crippen molar-refractivity contribution in [1.82, 2.24) is 4.57 Å². The molecule has 10 heteroatoms. The molecule has 1 aliphatic heterocycles. The number of esters is 1. The third-order valence-corrected chi connectivity index (χ3v) is 9.33. The summed E-state index contributed by atoms with van der Waals surface area (Å²) in [6.07, 6.45) is 1.59. The molecular weight excluding hydrogens is 522 g/mol. The summed E-state index contributed by atoms with van der Waals surface area (Å²) in [5.74, 6) is -0.875. The fourth-order valence-corrected chi connectivity index (χ4v) is 7.28. The van der Waals surface area contributed by atoms with Gasteiger partial charge in [0.25, 0.3) is 15.9 Å². The molecule has 0 radical (unpaired) electrons. The minimum atomic E-state index is -3.77. The number of rotatable bonds is 6. The molecule has 4 aromatic rings. The first kappa shape index (κ1) is 25.9. The number of thiazole rings is 1. The quantitative estimate of drug-likeness (QED) is 0.323. The molecule has 0 saturated carbocycles. The average Bonchev–Trinajstić information content (AvgIpc) is 3.28.